The van der Waals surface area contributed by atoms with Gasteiger partial charge in [0, 0.05) is 6.07 Å². The minimum Gasteiger partial charge on any atom is -0.449 e. The van der Waals surface area contributed by atoms with Crippen LogP contribution in [0.4, 0.5) is 5.69 Å². The maximum absolute atomic E-state index is 11.1. The molecule has 0 saturated carbocycles. The van der Waals surface area contributed by atoms with Crippen LogP contribution >= 0.6 is 15.9 Å². The summed E-state index contributed by atoms with van der Waals surface area (Å²) in [4.78, 5) is 10.7. The molecule has 106 valence electrons. The van der Waals surface area contributed by atoms with Crippen molar-refractivity contribution in [2.75, 3.05) is 0 Å². The van der Waals surface area contributed by atoms with Crippen molar-refractivity contribution in [1.29, 1.82) is 5.26 Å². The normalized spacial score (nSPS) is 9.95. The van der Waals surface area contributed by atoms with Crippen molar-refractivity contribution in [3.63, 3.8) is 0 Å². The Morgan fingerprint density at radius 3 is 2.57 bits per heavy atom. The first-order valence-electron chi connectivity index (χ1n) is 6.20. The van der Waals surface area contributed by atoms with Crippen LogP contribution in [0.25, 0.3) is 0 Å². The quantitative estimate of drug-likeness (QED) is 0.599. The third-order valence-electron chi connectivity index (χ3n) is 2.91. The lowest BCUT2D eigenvalue weighted by atomic mass is 10.1. The molecule has 0 unspecified atom stereocenters. The van der Waals surface area contributed by atoms with E-state index in [0.717, 1.165) is 5.56 Å². The molecule has 21 heavy (non-hydrogen) atoms. The fraction of sp³-hybridized carbons (Fsp3) is 0.133. The minimum absolute atomic E-state index is 0.0781. The average Bonchev–Trinajstić information content (AvgIpc) is 2.49. The lowest BCUT2D eigenvalue weighted by Gasteiger charge is -2.09. The van der Waals surface area contributed by atoms with Crippen LogP contribution < -0.4 is 4.74 Å². The smallest absolute Gasteiger partial charge is 0.311 e. The van der Waals surface area contributed by atoms with Crippen molar-refractivity contribution in [3.8, 4) is 17.6 Å². The van der Waals surface area contributed by atoms with E-state index in [1.165, 1.54) is 6.07 Å². The lowest BCUT2D eigenvalue weighted by molar-refractivity contribution is -0.385. The summed E-state index contributed by atoms with van der Waals surface area (Å²) < 4.78 is 6.17. The van der Waals surface area contributed by atoms with E-state index in [0.29, 0.717) is 22.2 Å². The second-order valence-corrected chi connectivity index (χ2v) is 5.13. The van der Waals surface area contributed by atoms with Crippen molar-refractivity contribution in [1.82, 2.24) is 0 Å². The standard InChI is InChI=1S/C15H11BrN2O3/c1-2-10-3-6-15(13(8-10)18(19)20)21-14-5-4-11(9-17)7-12(14)16/h3-8H,2H2,1H3. The van der Waals surface area contributed by atoms with Crippen molar-refractivity contribution in [2.45, 2.75) is 13.3 Å². The van der Waals surface area contributed by atoms with E-state index in [1.807, 2.05) is 13.0 Å². The van der Waals surface area contributed by atoms with Gasteiger partial charge in [0.15, 0.2) is 0 Å². The lowest BCUT2D eigenvalue weighted by Crippen LogP contribution is -1.95. The molecule has 2 rings (SSSR count). The second kappa shape index (κ2) is 6.37. The Morgan fingerprint density at radius 2 is 2.00 bits per heavy atom. The number of nitriles is 1. The van der Waals surface area contributed by atoms with E-state index in [-0.39, 0.29) is 11.4 Å². The Balaban J connectivity index is 2.40. The molecule has 0 aromatic heterocycles. The first-order valence-corrected chi connectivity index (χ1v) is 6.99. The Morgan fingerprint density at radius 1 is 1.29 bits per heavy atom. The van der Waals surface area contributed by atoms with Gasteiger partial charge in [-0.2, -0.15) is 5.26 Å². The molecule has 2 aromatic carbocycles. The third kappa shape index (κ3) is 3.38. The van der Waals surface area contributed by atoms with Gasteiger partial charge in [-0.3, -0.25) is 10.1 Å². The first kappa shape index (κ1) is 15.0. The van der Waals surface area contributed by atoms with E-state index >= 15 is 0 Å². The molecule has 0 bridgehead atoms. The summed E-state index contributed by atoms with van der Waals surface area (Å²) in [5.41, 5.74) is 1.27. The van der Waals surface area contributed by atoms with Gasteiger partial charge >= 0.3 is 5.69 Å². The molecule has 0 atom stereocenters. The third-order valence-corrected chi connectivity index (χ3v) is 3.53. The summed E-state index contributed by atoms with van der Waals surface area (Å²) in [5, 5.41) is 20.0. The van der Waals surface area contributed by atoms with Gasteiger partial charge in [0.2, 0.25) is 5.75 Å². The SMILES string of the molecule is CCc1ccc(Oc2ccc(C#N)cc2Br)c([N+](=O)[O-])c1. The maximum Gasteiger partial charge on any atom is 0.311 e. The van der Waals surface area contributed by atoms with Crippen molar-refractivity contribution < 1.29 is 9.66 Å². The molecule has 0 heterocycles. The monoisotopic (exact) mass is 346 g/mol. The fourth-order valence-corrected chi connectivity index (χ4v) is 2.24. The number of nitrogens with zero attached hydrogens (tertiary/aromatic N) is 2. The number of halogens is 1. The highest BCUT2D eigenvalue weighted by Crippen LogP contribution is 2.36. The predicted molar refractivity (Wildman–Crippen MR) is 81.4 cm³/mol. The van der Waals surface area contributed by atoms with Crippen LogP contribution in [0.5, 0.6) is 11.5 Å². The second-order valence-electron chi connectivity index (χ2n) is 4.27. The maximum atomic E-state index is 11.1. The molecule has 0 aliphatic carbocycles. The zero-order chi connectivity index (χ0) is 15.4. The van der Waals surface area contributed by atoms with E-state index in [9.17, 15) is 10.1 Å². The number of benzene rings is 2. The van der Waals surface area contributed by atoms with Crippen LogP contribution in [0, 0.1) is 21.4 Å². The Hall–Kier alpha value is -2.39. The van der Waals surface area contributed by atoms with E-state index < -0.39 is 4.92 Å². The number of aryl methyl sites for hydroxylation is 1. The highest BCUT2D eigenvalue weighted by atomic mass is 79.9. The van der Waals surface area contributed by atoms with Crippen molar-refractivity contribution in [3.05, 3.63) is 62.1 Å². The number of hydrogen-bond acceptors (Lipinski definition) is 4. The molecule has 0 radical (unpaired) electrons. The van der Waals surface area contributed by atoms with Crippen LogP contribution in [0.1, 0.15) is 18.1 Å². The van der Waals surface area contributed by atoms with Gasteiger partial charge < -0.3 is 4.74 Å². The molecule has 6 heteroatoms. The van der Waals surface area contributed by atoms with E-state index in [1.54, 1.807) is 30.3 Å². The van der Waals surface area contributed by atoms with Crippen LogP contribution in [-0.4, -0.2) is 4.92 Å². The zero-order valence-corrected chi connectivity index (χ0v) is 12.8. The predicted octanol–water partition coefficient (Wildman–Crippen LogP) is 4.58. The number of nitro groups is 1. The molecule has 0 amide bonds. The molecule has 0 aliphatic rings. The Kier molecular flexibility index (Phi) is 4.55. The highest BCUT2D eigenvalue weighted by Gasteiger charge is 2.17. The molecule has 0 fully saturated rings. The molecule has 2 aromatic rings. The average molecular weight is 347 g/mol. The Labute approximate surface area is 130 Å². The molecule has 0 aliphatic heterocycles. The van der Waals surface area contributed by atoms with Crippen LogP contribution in [0.15, 0.2) is 40.9 Å². The molecule has 0 spiro atoms. The summed E-state index contributed by atoms with van der Waals surface area (Å²) in [5.74, 6) is 0.587. The van der Waals surface area contributed by atoms with Crippen molar-refractivity contribution >= 4 is 21.6 Å². The number of ether oxygens (including phenoxy) is 1. The fourth-order valence-electron chi connectivity index (χ4n) is 1.78. The molecular formula is C15H11BrN2O3. The van der Waals surface area contributed by atoms with Gasteiger partial charge in [0.25, 0.3) is 0 Å². The van der Waals surface area contributed by atoms with E-state index in [2.05, 4.69) is 15.9 Å². The van der Waals surface area contributed by atoms with Gasteiger partial charge in [-0.25, -0.2) is 0 Å². The number of nitro benzene ring substituents is 1. The van der Waals surface area contributed by atoms with Crippen molar-refractivity contribution in [2.24, 2.45) is 0 Å². The molecule has 0 N–H and O–H groups in total. The summed E-state index contributed by atoms with van der Waals surface area (Å²) >= 11 is 3.29. The minimum atomic E-state index is -0.466. The zero-order valence-electron chi connectivity index (χ0n) is 11.2. The summed E-state index contributed by atoms with van der Waals surface area (Å²) in [6.45, 7) is 1.93. The van der Waals surface area contributed by atoms with E-state index in [4.69, 9.17) is 10.00 Å². The van der Waals surface area contributed by atoms with Gasteiger partial charge in [0.1, 0.15) is 5.75 Å². The number of hydrogen-bond donors (Lipinski definition) is 0. The summed E-state index contributed by atoms with van der Waals surface area (Å²) in [6, 6.07) is 11.7. The topological polar surface area (TPSA) is 76.2 Å². The van der Waals surface area contributed by atoms with Crippen LogP contribution in [0.3, 0.4) is 0 Å². The molecule has 5 nitrogen and oxygen atoms in total. The van der Waals surface area contributed by atoms with Gasteiger partial charge in [0.05, 0.1) is 21.0 Å². The van der Waals surface area contributed by atoms with Gasteiger partial charge in [-0.15, -0.1) is 0 Å². The van der Waals surface area contributed by atoms with Crippen LogP contribution in [0.2, 0.25) is 0 Å². The van der Waals surface area contributed by atoms with Crippen LogP contribution in [-0.2, 0) is 6.42 Å². The van der Waals surface area contributed by atoms with Gasteiger partial charge in [-0.05, 0) is 52.2 Å². The highest BCUT2D eigenvalue weighted by molar-refractivity contribution is 9.10. The number of rotatable bonds is 4. The first-order chi connectivity index (χ1) is 10.0. The largest absolute Gasteiger partial charge is 0.449 e. The Bertz CT molecular complexity index is 738. The van der Waals surface area contributed by atoms with Gasteiger partial charge in [-0.1, -0.05) is 13.0 Å². The summed E-state index contributed by atoms with van der Waals surface area (Å²) in [7, 11) is 0. The molecular weight excluding hydrogens is 336 g/mol. The summed E-state index contributed by atoms with van der Waals surface area (Å²) in [6.07, 6.45) is 0.710. The molecule has 0 saturated heterocycles.